The number of hydrogen-bond acceptors (Lipinski definition) is 1. The minimum absolute atomic E-state index is 0.966. The van der Waals surface area contributed by atoms with Gasteiger partial charge in [0.1, 0.15) is 0 Å². The second-order valence-corrected chi connectivity index (χ2v) is 5.07. The van der Waals surface area contributed by atoms with Crippen LogP contribution in [-0.4, -0.2) is 0 Å². The van der Waals surface area contributed by atoms with Crippen molar-refractivity contribution in [1.29, 1.82) is 0 Å². The lowest BCUT2D eigenvalue weighted by molar-refractivity contribution is 1.08. The number of rotatable bonds is 2. The van der Waals surface area contributed by atoms with Crippen LogP contribution in [0.25, 0.3) is 0 Å². The number of aryl methyl sites for hydroxylation is 2. The molecule has 0 amide bonds. The Bertz CT molecular complexity index is 492. The minimum atomic E-state index is 0.966. The maximum absolute atomic E-state index is 4.60. The van der Waals surface area contributed by atoms with Crippen LogP contribution in [-0.2, 0) is 6.42 Å². The molecule has 0 radical (unpaired) electrons. The van der Waals surface area contributed by atoms with E-state index < -0.39 is 0 Å². The van der Waals surface area contributed by atoms with Crippen LogP contribution in [0.5, 0.6) is 0 Å². The van der Waals surface area contributed by atoms with Crippen molar-refractivity contribution >= 4 is 12.6 Å². The number of benzene rings is 2. The molecule has 0 aliphatic rings. The highest BCUT2D eigenvalue weighted by Gasteiger charge is 2.05. The van der Waals surface area contributed by atoms with Gasteiger partial charge in [0.2, 0.25) is 0 Å². The molecule has 0 nitrogen and oxygen atoms in total. The van der Waals surface area contributed by atoms with Crippen LogP contribution >= 0.6 is 12.6 Å². The highest BCUT2D eigenvalue weighted by Crippen LogP contribution is 2.23. The molecule has 0 saturated carbocycles. The third kappa shape index (κ3) is 3.87. The standard InChI is InChI=1S/C16H18S.C2H6/c1-11-6-4-8-14(13(11)3)10-15-9-5-7-12(2)16(15)17;1-2/h4-9,17H,10H2,1-3H3;1-2H3. The van der Waals surface area contributed by atoms with E-state index in [0.717, 1.165) is 11.3 Å². The molecule has 0 unspecified atom stereocenters. The Morgan fingerprint density at radius 3 is 1.95 bits per heavy atom. The van der Waals surface area contributed by atoms with E-state index in [9.17, 15) is 0 Å². The van der Waals surface area contributed by atoms with Gasteiger partial charge in [0.15, 0.2) is 0 Å². The van der Waals surface area contributed by atoms with Crippen LogP contribution in [0.2, 0.25) is 0 Å². The predicted molar refractivity (Wildman–Crippen MR) is 88.5 cm³/mol. The van der Waals surface area contributed by atoms with Crippen LogP contribution in [0.4, 0.5) is 0 Å². The second-order valence-electron chi connectivity index (χ2n) is 4.62. The van der Waals surface area contributed by atoms with Crippen molar-refractivity contribution in [2.45, 2.75) is 45.9 Å². The number of thiol groups is 1. The first-order valence-corrected chi connectivity index (χ1v) is 7.37. The summed E-state index contributed by atoms with van der Waals surface area (Å²) >= 11 is 4.60. The van der Waals surface area contributed by atoms with Gasteiger partial charge in [-0.25, -0.2) is 0 Å². The summed E-state index contributed by atoms with van der Waals surface area (Å²) in [6.45, 7) is 10.5. The van der Waals surface area contributed by atoms with Gasteiger partial charge < -0.3 is 0 Å². The van der Waals surface area contributed by atoms with Crippen LogP contribution in [0.3, 0.4) is 0 Å². The zero-order valence-electron chi connectivity index (χ0n) is 12.6. The number of hydrogen-bond donors (Lipinski definition) is 1. The molecule has 102 valence electrons. The average Bonchev–Trinajstić information content (AvgIpc) is 2.42. The first-order valence-electron chi connectivity index (χ1n) is 6.92. The predicted octanol–water partition coefficient (Wildman–Crippen LogP) is 5.52. The molecule has 2 aromatic rings. The molecule has 0 saturated heterocycles. The smallest absolute Gasteiger partial charge is 0.0105 e. The second kappa shape index (κ2) is 7.40. The SMILES string of the molecule is CC.Cc1cccc(Cc2cccc(C)c2S)c1C. The molecule has 2 rings (SSSR count). The van der Waals surface area contributed by atoms with Crippen LogP contribution in [0.15, 0.2) is 41.3 Å². The Kier molecular flexibility index (Phi) is 6.17. The zero-order chi connectivity index (χ0) is 14.4. The highest BCUT2D eigenvalue weighted by atomic mass is 32.1. The van der Waals surface area contributed by atoms with Gasteiger partial charge in [0.25, 0.3) is 0 Å². The summed E-state index contributed by atoms with van der Waals surface area (Å²) in [6, 6.07) is 12.9. The summed E-state index contributed by atoms with van der Waals surface area (Å²) in [5, 5.41) is 0. The molecule has 0 aliphatic carbocycles. The van der Waals surface area contributed by atoms with Gasteiger partial charge in [-0.05, 0) is 55.0 Å². The van der Waals surface area contributed by atoms with E-state index in [4.69, 9.17) is 0 Å². The Hall–Kier alpha value is -1.21. The van der Waals surface area contributed by atoms with Crippen LogP contribution < -0.4 is 0 Å². The van der Waals surface area contributed by atoms with Crippen molar-refractivity contribution in [3.8, 4) is 0 Å². The largest absolute Gasteiger partial charge is 0.143 e. The van der Waals surface area contributed by atoms with Crippen molar-refractivity contribution in [2.75, 3.05) is 0 Å². The van der Waals surface area contributed by atoms with Crippen molar-refractivity contribution in [3.63, 3.8) is 0 Å². The third-order valence-corrected chi connectivity index (χ3v) is 4.06. The van der Waals surface area contributed by atoms with Gasteiger partial charge in [-0.15, -0.1) is 12.6 Å². The molecule has 0 aliphatic heterocycles. The minimum Gasteiger partial charge on any atom is -0.143 e. The van der Waals surface area contributed by atoms with Crippen LogP contribution in [0, 0.1) is 20.8 Å². The van der Waals surface area contributed by atoms with E-state index >= 15 is 0 Å². The lowest BCUT2D eigenvalue weighted by Gasteiger charge is -2.11. The molecule has 0 heterocycles. The summed E-state index contributed by atoms with van der Waals surface area (Å²) in [5.41, 5.74) is 6.70. The van der Waals surface area contributed by atoms with Gasteiger partial charge in [-0.3, -0.25) is 0 Å². The fraction of sp³-hybridized carbons (Fsp3) is 0.333. The third-order valence-electron chi connectivity index (χ3n) is 3.42. The average molecular weight is 272 g/mol. The van der Waals surface area contributed by atoms with Gasteiger partial charge in [-0.2, -0.15) is 0 Å². The molecular formula is C18H24S. The molecule has 0 bridgehead atoms. The lowest BCUT2D eigenvalue weighted by atomic mass is 9.96. The monoisotopic (exact) mass is 272 g/mol. The fourth-order valence-corrected chi connectivity index (χ4v) is 2.30. The van der Waals surface area contributed by atoms with Crippen molar-refractivity contribution in [3.05, 3.63) is 64.2 Å². The molecule has 0 fully saturated rings. The van der Waals surface area contributed by atoms with Gasteiger partial charge in [-0.1, -0.05) is 50.2 Å². The maximum Gasteiger partial charge on any atom is 0.0105 e. The molecule has 19 heavy (non-hydrogen) atoms. The van der Waals surface area contributed by atoms with Crippen LogP contribution in [0.1, 0.15) is 41.7 Å². The summed E-state index contributed by atoms with van der Waals surface area (Å²) in [6.07, 6.45) is 0.966. The molecular weight excluding hydrogens is 248 g/mol. The first kappa shape index (κ1) is 15.8. The van der Waals surface area contributed by atoms with Crippen molar-refractivity contribution < 1.29 is 0 Å². The Balaban J connectivity index is 0.000000861. The quantitative estimate of drug-likeness (QED) is 0.684. The van der Waals surface area contributed by atoms with Gasteiger partial charge in [0, 0.05) is 4.90 Å². The molecule has 0 atom stereocenters. The zero-order valence-corrected chi connectivity index (χ0v) is 13.5. The van der Waals surface area contributed by atoms with E-state index in [1.54, 1.807) is 0 Å². The topological polar surface area (TPSA) is 0 Å². The van der Waals surface area contributed by atoms with E-state index in [2.05, 4.69) is 69.8 Å². The first-order chi connectivity index (χ1) is 9.09. The summed E-state index contributed by atoms with van der Waals surface area (Å²) < 4.78 is 0. The van der Waals surface area contributed by atoms with E-state index in [1.807, 2.05) is 13.8 Å². The Morgan fingerprint density at radius 2 is 1.32 bits per heavy atom. The normalized spacial score (nSPS) is 9.79. The Labute approximate surface area is 123 Å². The van der Waals surface area contributed by atoms with E-state index in [1.165, 1.54) is 27.8 Å². The molecule has 0 N–H and O–H groups in total. The molecule has 0 spiro atoms. The summed E-state index contributed by atoms with van der Waals surface area (Å²) in [7, 11) is 0. The van der Waals surface area contributed by atoms with E-state index in [-0.39, 0.29) is 0 Å². The fourth-order valence-electron chi connectivity index (χ4n) is 2.07. The van der Waals surface area contributed by atoms with Crippen molar-refractivity contribution in [1.82, 2.24) is 0 Å². The molecule has 1 heteroatoms. The molecule has 2 aromatic carbocycles. The summed E-state index contributed by atoms with van der Waals surface area (Å²) in [5.74, 6) is 0. The molecule has 0 aromatic heterocycles. The van der Waals surface area contributed by atoms with E-state index in [0.29, 0.717) is 0 Å². The highest BCUT2D eigenvalue weighted by molar-refractivity contribution is 7.80. The van der Waals surface area contributed by atoms with Crippen molar-refractivity contribution in [2.24, 2.45) is 0 Å². The Morgan fingerprint density at radius 1 is 0.789 bits per heavy atom. The van der Waals surface area contributed by atoms with Gasteiger partial charge >= 0.3 is 0 Å². The summed E-state index contributed by atoms with van der Waals surface area (Å²) in [4.78, 5) is 1.12. The van der Waals surface area contributed by atoms with Gasteiger partial charge in [0.05, 0.1) is 0 Å². The lowest BCUT2D eigenvalue weighted by Crippen LogP contribution is -1.96. The maximum atomic E-state index is 4.60.